The molecule has 0 radical (unpaired) electrons. The molecule has 29 heavy (non-hydrogen) atoms. The number of rotatable bonds is 4. The van der Waals surface area contributed by atoms with Crippen molar-refractivity contribution in [2.75, 3.05) is 19.2 Å². The monoisotopic (exact) mass is 406 g/mol. The third-order valence-electron chi connectivity index (χ3n) is 4.84. The van der Waals surface area contributed by atoms with Gasteiger partial charge in [-0.1, -0.05) is 41.9 Å². The molecule has 0 aliphatic carbocycles. The lowest BCUT2D eigenvalue weighted by molar-refractivity contribution is -0.114. The maximum Gasteiger partial charge on any atom is 0.280 e. The fourth-order valence-corrected chi connectivity index (χ4v) is 3.51. The van der Waals surface area contributed by atoms with Gasteiger partial charge in [0.15, 0.2) is 11.5 Å². The molecule has 0 saturated carbocycles. The Bertz CT molecular complexity index is 1180. The number of nitrogens with zero attached hydrogens (tertiary/aromatic N) is 2. The number of carbonyl (C=O) groups is 1. The number of anilines is 1. The fraction of sp³-hybridized carbons (Fsp3) is 0.130. The Morgan fingerprint density at radius 2 is 1.66 bits per heavy atom. The van der Waals surface area contributed by atoms with Crippen LogP contribution in [0.1, 0.15) is 12.5 Å². The van der Waals surface area contributed by atoms with E-state index in [4.69, 9.17) is 21.1 Å². The summed E-state index contributed by atoms with van der Waals surface area (Å²) < 4.78 is 10.6. The highest BCUT2D eigenvalue weighted by Gasteiger charge is 2.29. The molecular formula is C23H19ClN2O3. The first-order valence-corrected chi connectivity index (χ1v) is 9.41. The van der Waals surface area contributed by atoms with Crippen molar-refractivity contribution in [2.24, 2.45) is 5.10 Å². The summed E-state index contributed by atoms with van der Waals surface area (Å²) in [6, 6.07) is 17.2. The van der Waals surface area contributed by atoms with Gasteiger partial charge in [0.25, 0.3) is 5.91 Å². The molecule has 3 aromatic rings. The first-order chi connectivity index (χ1) is 14.0. The average molecular weight is 407 g/mol. The molecule has 0 atom stereocenters. The number of benzene rings is 3. The molecule has 0 N–H and O–H groups in total. The van der Waals surface area contributed by atoms with E-state index in [1.807, 2.05) is 42.5 Å². The van der Waals surface area contributed by atoms with Crippen LogP contribution in [0.3, 0.4) is 0 Å². The molecule has 0 unspecified atom stereocenters. The van der Waals surface area contributed by atoms with E-state index < -0.39 is 0 Å². The predicted molar refractivity (Wildman–Crippen MR) is 117 cm³/mol. The number of methoxy groups -OCH3 is 2. The molecule has 1 heterocycles. The van der Waals surface area contributed by atoms with Crippen LogP contribution < -0.4 is 14.5 Å². The van der Waals surface area contributed by atoms with Crippen LogP contribution >= 0.6 is 11.6 Å². The van der Waals surface area contributed by atoms with Crippen molar-refractivity contribution in [3.63, 3.8) is 0 Å². The van der Waals surface area contributed by atoms with Crippen molar-refractivity contribution >= 4 is 45.8 Å². The number of hydrogen-bond acceptors (Lipinski definition) is 4. The van der Waals surface area contributed by atoms with Crippen LogP contribution in [0.5, 0.6) is 11.5 Å². The van der Waals surface area contributed by atoms with E-state index in [0.717, 1.165) is 16.5 Å². The summed E-state index contributed by atoms with van der Waals surface area (Å²) >= 11 is 6.38. The zero-order valence-corrected chi connectivity index (χ0v) is 17.0. The van der Waals surface area contributed by atoms with Crippen molar-refractivity contribution in [3.8, 4) is 11.5 Å². The summed E-state index contributed by atoms with van der Waals surface area (Å²) in [6.07, 6.45) is 1.73. The quantitative estimate of drug-likeness (QED) is 0.551. The highest BCUT2D eigenvalue weighted by atomic mass is 35.5. The van der Waals surface area contributed by atoms with E-state index in [0.29, 0.717) is 33.4 Å². The maximum atomic E-state index is 13.1. The minimum Gasteiger partial charge on any atom is -0.493 e. The molecule has 0 bridgehead atoms. The molecule has 6 heteroatoms. The summed E-state index contributed by atoms with van der Waals surface area (Å²) in [6.45, 7) is 1.81. The van der Waals surface area contributed by atoms with E-state index in [1.165, 1.54) is 5.01 Å². The number of carbonyl (C=O) groups excluding carboxylic acids is 1. The average Bonchev–Trinajstić information content (AvgIpc) is 3.02. The van der Waals surface area contributed by atoms with E-state index in [9.17, 15) is 4.79 Å². The lowest BCUT2D eigenvalue weighted by Gasteiger charge is -2.13. The normalized spacial score (nSPS) is 15.2. The van der Waals surface area contributed by atoms with Gasteiger partial charge < -0.3 is 9.47 Å². The standard InChI is InChI=1S/C23H19ClN2O3/c1-14-19(11-17-12-21(28-2)22(29-3)13-20(17)24)23(27)26(25-14)18-9-8-15-6-4-5-7-16(15)10-18/h4-13H,1-3H3. The fourth-order valence-electron chi connectivity index (χ4n) is 3.30. The third kappa shape index (κ3) is 3.45. The second kappa shape index (κ2) is 7.60. The molecule has 5 nitrogen and oxygen atoms in total. The summed E-state index contributed by atoms with van der Waals surface area (Å²) in [5.74, 6) is 0.861. The van der Waals surface area contributed by atoms with Crippen LogP contribution in [-0.2, 0) is 4.79 Å². The smallest absolute Gasteiger partial charge is 0.280 e. The Labute approximate surface area is 173 Å². The van der Waals surface area contributed by atoms with Gasteiger partial charge in [-0.05, 0) is 47.5 Å². The van der Waals surface area contributed by atoms with Crippen LogP contribution in [0.15, 0.2) is 65.3 Å². The van der Waals surface area contributed by atoms with E-state index in [2.05, 4.69) is 5.10 Å². The molecule has 0 aromatic heterocycles. The summed E-state index contributed by atoms with van der Waals surface area (Å²) in [4.78, 5) is 13.1. The molecule has 0 fully saturated rings. The Hall–Kier alpha value is -3.31. The van der Waals surface area contributed by atoms with Crippen LogP contribution in [0, 0.1) is 0 Å². The summed E-state index contributed by atoms with van der Waals surface area (Å²) in [5, 5.41) is 8.50. The number of fused-ring (bicyclic) bond motifs is 1. The van der Waals surface area contributed by atoms with Crippen LogP contribution in [-0.4, -0.2) is 25.8 Å². The Morgan fingerprint density at radius 3 is 2.38 bits per heavy atom. The molecule has 146 valence electrons. The van der Waals surface area contributed by atoms with E-state index >= 15 is 0 Å². The second-order valence-electron chi connectivity index (χ2n) is 6.62. The highest BCUT2D eigenvalue weighted by molar-refractivity contribution is 6.35. The minimum absolute atomic E-state index is 0.205. The predicted octanol–water partition coefficient (Wildman–Crippen LogP) is 5.32. The molecule has 1 amide bonds. The Kier molecular flexibility index (Phi) is 4.99. The van der Waals surface area contributed by atoms with Gasteiger partial charge in [0.05, 0.1) is 36.2 Å². The largest absolute Gasteiger partial charge is 0.493 e. The van der Waals surface area contributed by atoms with Gasteiger partial charge >= 0.3 is 0 Å². The summed E-state index contributed by atoms with van der Waals surface area (Å²) in [7, 11) is 3.10. The molecular weight excluding hydrogens is 388 g/mol. The Balaban J connectivity index is 1.72. The first kappa shape index (κ1) is 19.0. The number of ether oxygens (including phenoxy) is 2. The van der Waals surface area contributed by atoms with Crippen LogP contribution in [0.4, 0.5) is 5.69 Å². The number of hydrogen-bond donors (Lipinski definition) is 0. The minimum atomic E-state index is -0.205. The highest BCUT2D eigenvalue weighted by Crippen LogP contribution is 2.35. The molecule has 1 aliphatic rings. The Morgan fingerprint density at radius 1 is 0.966 bits per heavy atom. The van der Waals surface area contributed by atoms with E-state index in [1.54, 1.807) is 39.4 Å². The zero-order chi connectivity index (χ0) is 20.5. The molecule has 0 saturated heterocycles. The number of halogens is 1. The number of hydrazone groups is 1. The lowest BCUT2D eigenvalue weighted by atomic mass is 10.1. The molecule has 1 aliphatic heterocycles. The van der Waals surface area contributed by atoms with Gasteiger partial charge in [0, 0.05) is 6.07 Å². The van der Waals surface area contributed by atoms with E-state index in [-0.39, 0.29) is 5.91 Å². The maximum absolute atomic E-state index is 13.1. The second-order valence-corrected chi connectivity index (χ2v) is 7.03. The van der Waals surface area contributed by atoms with Crippen LogP contribution in [0.25, 0.3) is 16.8 Å². The van der Waals surface area contributed by atoms with Gasteiger partial charge in [-0.15, -0.1) is 0 Å². The van der Waals surface area contributed by atoms with Crippen molar-refractivity contribution in [1.82, 2.24) is 0 Å². The summed E-state index contributed by atoms with van der Waals surface area (Å²) in [5.41, 5.74) is 2.47. The van der Waals surface area contributed by atoms with Crippen molar-refractivity contribution in [3.05, 3.63) is 70.8 Å². The van der Waals surface area contributed by atoms with Gasteiger partial charge in [-0.2, -0.15) is 10.1 Å². The van der Waals surface area contributed by atoms with Gasteiger partial charge in [0.2, 0.25) is 0 Å². The van der Waals surface area contributed by atoms with Crippen molar-refractivity contribution in [2.45, 2.75) is 6.92 Å². The van der Waals surface area contributed by atoms with Gasteiger partial charge in [0.1, 0.15) is 0 Å². The van der Waals surface area contributed by atoms with Gasteiger partial charge in [-0.3, -0.25) is 4.79 Å². The molecule has 3 aromatic carbocycles. The van der Waals surface area contributed by atoms with Crippen molar-refractivity contribution < 1.29 is 14.3 Å². The molecule has 4 rings (SSSR count). The topological polar surface area (TPSA) is 51.1 Å². The number of amides is 1. The van der Waals surface area contributed by atoms with Gasteiger partial charge in [-0.25, -0.2) is 0 Å². The van der Waals surface area contributed by atoms with Crippen LogP contribution in [0.2, 0.25) is 5.02 Å². The first-order valence-electron chi connectivity index (χ1n) is 9.04. The lowest BCUT2D eigenvalue weighted by Crippen LogP contribution is -2.21. The van der Waals surface area contributed by atoms with Crippen molar-refractivity contribution in [1.29, 1.82) is 0 Å². The SMILES string of the molecule is COc1cc(Cl)c(C=C2C(=O)N(c3ccc4ccccc4c3)N=C2C)cc1OC. The third-order valence-corrected chi connectivity index (χ3v) is 5.17. The molecule has 0 spiro atoms. The zero-order valence-electron chi connectivity index (χ0n) is 16.3.